The Balaban J connectivity index is 6.37. The summed E-state index contributed by atoms with van der Waals surface area (Å²) in [4.78, 5) is 0. The van der Waals surface area contributed by atoms with Crippen LogP contribution in [0.5, 0.6) is 0 Å². The summed E-state index contributed by atoms with van der Waals surface area (Å²) in [7, 11) is 0. The van der Waals surface area contributed by atoms with E-state index in [4.69, 9.17) is 0 Å². The van der Waals surface area contributed by atoms with Gasteiger partial charge in [-0.15, -0.1) is 0 Å². The smallest absolute Gasteiger partial charge is 0.199 e. The van der Waals surface area contributed by atoms with Crippen LogP contribution in [0.2, 0.25) is 0 Å². The first kappa shape index (κ1) is 29.8. The van der Waals surface area contributed by atoms with Crippen molar-refractivity contribution in [2.45, 2.75) is 80.2 Å². The van der Waals surface area contributed by atoms with Gasteiger partial charge in [-0.2, -0.15) is 74.6 Å². The molecule has 0 amide bonds. The van der Waals surface area contributed by atoms with Gasteiger partial charge < -0.3 is 0 Å². The molecule has 0 aliphatic carbocycles. The van der Waals surface area contributed by atoms with Gasteiger partial charge in [0.1, 0.15) is 0 Å². The van der Waals surface area contributed by atoms with Crippen molar-refractivity contribution in [3.05, 3.63) is 6.42 Å². The summed E-state index contributed by atoms with van der Waals surface area (Å²) >= 11 is 0. The van der Waals surface area contributed by atoms with Crippen LogP contribution in [0.25, 0.3) is 0 Å². The molecule has 0 rings (SSSR count). The maximum absolute atomic E-state index is 13.4. The molecule has 0 aromatic carbocycles. The van der Waals surface area contributed by atoms with Crippen LogP contribution >= 0.6 is 0 Å². The number of unbranched alkanes of at least 4 members (excludes halogenated alkanes) is 3. The standard InChI is InChI=1S/C14H12F17/c1-2-3-4-5-6-7(15,16)8(17,18)9(19,20)10(21,22)11(23,24)12(25,26)13(27,28)14(29,30)31/h6H,2-5H2,1H3. The number of alkyl halides is 17. The fourth-order valence-corrected chi connectivity index (χ4v) is 1.98. The largest absolute Gasteiger partial charge is 0.460 e. The number of hydrogen-bond acceptors (Lipinski definition) is 0. The summed E-state index contributed by atoms with van der Waals surface area (Å²) < 4.78 is 221. The van der Waals surface area contributed by atoms with Crippen LogP contribution in [-0.2, 0) is 0 Å². The molecule has 0 saturated carbocycles. The van der Waals surface area contributed by atoms with Gasteiger partial charge in [0.15, 0.2) is 0 Å². The van der Waals surface area contributed by atoms with Crippen LogP contribution in [0.4, 0.5) is 74.6 Å². The Morgan fingerprint density at radius 3 is 1.10 bits per heavy atom. The van der Waals surface area contributed by atoms with Crippen molar-refractivity contribution in [2.75, 3.05) is 0 Å². The summed E-state index contributed by atoms with van der Waals surface area (Å²) in [6.07, 6.45) is -10.1. The minimum atomic E-state index is -8.58. The zero-order valence-electron chi connectivity index (χ0n) is 14.8. The highest BCUT2D eigenvalue weighted by Gasteiger charge is 2.95. The van der Waals surface area contributed by atoms with E-state index in [0.717, 1.165) is 0 Å². The van der Waals surface area contributed by atoms with E-state index in [1.807, 2.05) is 0 Å². The molecule has 0 spiro atoms. The Hall–Kier alpha value is -1.19. The molecule has 0 heterocycles. The Kier molecular flexibility index (Phi) is 7.98. The highest BCUT2D eigenvalue weighted by atomic mass is 19.4. The maximum Gasteiger partial charge on any atom is 0.460 e. The average Bonchev–Trinajstić information content (AvgIpc) is 2.56. The molecule has 0 nitrogen and oxygen atoms in total. The quantitative estimate of drug-likeness (QED) is 0.200. The summed E-state index contributed by atoms with van der Waals surface area (Å²) in [5.41, 5.74) is 0. The van der Waals surface area contributed by atoms with E-state index in [2.05, 4.69) is 0 Å². The highest BCUT2D eigenvalue weighted by Crippen LogP contribution is 2.64. The van der Waals surface area contributed by atoms with Gasteiger partial charge in [0.05, 0.1) is 0 Å². The van der Waals surface area contributed by atoms with E-state index in [0.29, 0.717) is 0 Å². The first-order chi connectivity index (χ1) is 13.3. The molecule has 31 heavy (non-hydrogen) atoms. The van der Waals surface area contributed by atoms with Gasteiger partial charge in [0.2, 0.25) is 0 Å². The molecule has 0 unspecified atom stereocenters. The van der Waals surface area contributed by atoms with Gasteiger partial charge in [0, 0.05) is 6.42 Å². The summed E-state index contributed by atoms with van der Waals surface area (Å²) in [5, 5.41) is 0. The van der Waals surface area contributed by atoms with Crippen molar-refractivity contribution < 1.29 is 74.6 Å². The van der Waals surface area contributed by atoms with Gasteiger partial charge in [-0.05, 0) is 6.42 Å². The van der Waals surface area contributed by atoms with Crippen LogP contribution in [0.1, 0.15) is 32.6 Å². The molecule has 0 atom stereocenters. The second-order valence-electron chi connectivity index (χ2n) is 6.27. The van der Waals surface area contributed by atoms with Crippen molar-refractivity contribution in [1.29, 1.82) is 0 Å². The molecule has 1 radical (unpaired) electrons. The lowest BCUT2D eigenvalue weighted by Crippen LogP contribution is -2.74. The minimum Gasteiger partial charge on any atom is -0.199 e. The Bertz CT molecular complexity index is 600. The van der Waals surface area contributed by atoms with E-state index < -0.39 is 66.9 Å². The zero-order chi connectivity index (χ0) is 25.5. The van der Waals surface area contributed by atoms with Gasteiger partial charge in [0.25, 0.3) is 0 Å². The molecule has 17 heteroatoms. The van der Waals surface area contributed by atoms with Crippen molar-refractivity contribution in [2.24, 2.45) is 0 Å². The van der Waals surface area contributed by atoms with Crippen LogP contribution in [0.3, 0.4) is 0 Å². The van der Waals surface area contributed by atoms with Crippen LogP contribution in [0.15, 0.2) is 0 Å². The number of hydrogen-bond donors (Lipinski definition) is 0. The maximum atomic E-state index is 13.4. The minimum absolute atomic E-state index is 0.0154. The van der Waals surface area contributed by atoms with E-state index in [9.17, 15) is 74.6 Å². The molecule has 0 fully saturated rings. The normalized spacial score (nSPS) is 16.1. The molecule has 0 aliphatic heterocycles. The molecule has 0 N–H and O–H groups in total. The van der Waals surface area contributed by atoms with E-state index in [1.165, 1.54) is 6.92 Å². The topological polar surface area (TPSA) is 0 Å². The van der Waals surface area contributed by atoms with Gasteiger partial charge in [-0.3, -0.25) is 0 Å². The van der Waals surface area contributed by atoms with Gasteiger partial charge >= 0.3 is 47.6 Å². The molecule has 0 saturated heterocycles. The predicted molar refractivity (Wildman–Crippen MR) is 69.1 cm³/mol. The van der Waals surface area contributed by atoms with Crippen molar-refractivity contribution in [3.63, 3.8) is 0 Å². The molecule has 0 aromatic rings. The van der Waals surface area contributed by atoms with Crippen LogP contribution in [0, 0.1) is 6.42 Å². The van der Waals surface area contributed by atoms with Crippen molar-refractivity contribution in [1.82, 2.24) is 0 Å². The molecule has 0 bridgehead atoms. The highest BCUT2D eigenvalue weighted by molar-refractivity contribution is 5.16. The van der Waals surface area contributed by atoms with Crippen molar-refractivity contribution >= 4 is 0 Å². The lowest BCUT2D eigenvalue weighted by molar-refractivity contribution is -0.460. The average molecular weight is 503 g/mol. The second kappa shape index (κ2) is 8.30. The summed E-state index contributed by atoms with van der Waals surface area (Å²) in [5.74, 6) is -55.9. The molecular weight excluding hydrogens is 491 g/mol. The summed E-state index contributed by atoms with van der Waals surface area (Å²) in [6, 6.07) is 0. The van der Waals surface area contributed by atoms with Gasteiger partial charge in [-0.1, -0.05) is 26.2 Å². The van der Waals surface area contributed by atoms with Crippen LogP contribution < -0.4 is 0 Å². The van der Waals surface area contributed by atoms with Gasteiger partial charge in [-0.25, -0.2) is 0 Å². The fraction of sp³-hybridized carbons (Fsp3) is 0.929. The number of halogens is 17. The molecule has 0 aliphatic rings. The Morgan fingerprint density at radius 2 is 0.774 bits per heavy atom. The SMILES string of the molecule is CCCCC[CH]C(F)(F)C(F)(F)C(F)(F)C(F)(F)C(F)(F)C(F)(F)C(F)(F)C(F)(F)F. The first-order valence-corrected chi connectivity index (χ1v) is 7.87. The summed E-state index contributed by atoms with van der Waals surface area (Å²) in [6.45, 7) is 1.44. The molecular formula is C14H12F17. The zero-order valence-corrected chi connectivity index (χ0v) is 14.8. The predicted octanol–water partition coefficient (Wildman–Crippen LogP) is 7.78. The van der Waals surface area contributed by atoms with Crippen molar-refractivity contribution in [3.8, 4) is 0 Å². The van der Waals surface area contributed by atoms with E-state index >= 15 is 0 Å². The monoisotopic (exact) mass is 503 g/mol. The first-order valence-electron chi connectivity index (χ1n) is 7.87. The van der Waals surface area contributed by atoms with E-state index in [1.54, 1.807) is 0 Å². The lowest BCUT2D eigenvalue weighted by Gasteiger charge is -2.42. The third-order valence-electron chi connectivity index (χ3n) is 3.95. The fourth-order valence-electron chi connectivity index (χ4n) is 1.98. The van der Waals surface area contributed by atoms with Crippen LogP contribution in [-0.4, -0.2) is 47.6 Å². The number of rotatable bonds is 11. The lowest BCUT2D eigenvalue weighted by atomic mass is 9.88. The molecule has 0 aromatic heterocycles. The Morgan fingerprint density at radius 1 is 0.452 bits per heavy atom. The third-order valence-corrected chi connectivity index (χ3v) is 3.95. The van der Waals surface area contributed by atoms with E-state index in [-0.39, 0.29) is 12.8 Å². The Labute approximate surface area is 162 Å². The second-order valence-corrected chi connectivity index (χ2v) is 6.27. The third kappa shape index (κ3) is 4.37. The molecule has 187 valence electrons.